The van der Waals surface area contributed by atoms with Gasteiger partial charge in [-0.25, -0.2) is 4.39 Å². The van der Waals surface area contributed by atoms with Crippen molar-refractivity contribution in [3.05, 3.63) is 30.1 Å². The number of hydrogen-bond donors (Lipinski definition) is 2. The molecule has 0 saturated heterocycles. The minimum Gasteiger partial charge on any atom is -0.358 e. The van der Waals surface area contributed by atoms with Crippen molar-refractivity contribution in [3.8, 4) is 11.4 Å². The van der Waals surface area contributed by atoms with E-state index >= 15 is 0 Å². The van der Waals surface area contributed by atoms with Gasteiger partial charge in [0.15, 0.2) is 11.0 Å². The molecule has 1 fully saturated rings. The van der Waals surface area contributed by atoms with Gasteiger partial charge >= 0.3 is 0 Å². The van der Waals surface area contributed by atoms with E-state index in [9.17, 15) is 14.0 Å². The number of carbonyl (C=O) groups excluding carboxylic acids is 2. The van der Waals surface area contributed by atoms with Crippen LogP contribution in [-0.2, 0) is 9.59 Å². The summed E-state index contributed by atoms with van der Waals surface area (Å²) in [6.45, 7) is -0.0638. The van der Waals surface area contributed by atoms with E-state index in [0.717, 1.165) is 12.8 Å². The quantitative estimate of drug-likeness (QED) is 0.726. The number of nitrogens with one attached hydrogen (secondary N) is 2. The molecule has 1 saturated carbocycles. The first-order valence-electron chi connectivity index (χ1n) is 7.90. The van der Waals surface area contributed by atoms with Gasteiger partial charge in [0.05, 0.1) is 17.9 Å². The summed E-state index contributed by atoms with van der Waals surface area (Å²) in [4.78, 5) is 23.0. The van der Waals surface area contributed by atoms with Crippen LogP contribution in [0.2, 0.25) is 0 Å². The Bertz CT molecular complexity index is 791. The largest absolute Gasteiger partial charge is 0.358 e. The maximum Gasteiger partial charge on any atom is 0.239 e. The molecule has 7 nitrogen and oxygen atoms in total. The number of halogens is 1. The first-order chi connectivity index (χ1) is 12.1. The number of likely N-dealkylation sites (N-methyl/N-ethyl adjacent to an activating group) is 1. The molecule has 2 aromatic rings. The van der Waals surface area contributed by atoms with Crippen molar-refractivity contribution >= 4 is 23.6 Å². The molecule has 1 heterocycles. The number of amides is 2. The van der Waals surface area contributed by atoms with Crippen LogP contribution >= 0.6 is 11.8 Å². The lowest BCUT2D eigenvalue weighted by Gasteiger charge is -2.09. The van der Waals surface area contributed by atoms with Gasteiger partial charge in [-0.2, -0.15) is 0 Å². The van der Waals surface area contributed by atoms with Crippen molar-refractivity contribution in [2.75, 3.05) is 19.3 Å². The Morgan fingerprint density at radius 1 is 1.28 bits per heavy atom. The van der Waals surface area contributed by atoms with Gasteiger partial charge in [-0.3, -0.25) is 14.2 Å². The third-order valence-electron chi connectivity index (χ3n) is 3.75. The zero-order valence-corrected chi connectivity index (χ0v) is 14.5. The molecule has 1 aliphatic carbocycles. The van der Waals surface area contributed by atoms with Crippen molar-refractivity contribution in [1.29, 1.82) is 0 Å². The van der Waals surface area contributed by atoms with E-state index in [1.165, 1.54) is 24.9 Å². The van der Waals surface area contributed by atoms with E-state index in [1.54, 1.807) is 18.2 Å². The number of aromatic nitrogens is 3. The second-order valence-corrected chi connectivity index (χ2v) is 6.57. The lowest BCUT2D eigenvalue weighted by molar-refractivity contribution is -0.124. The number of rotatable bonds is 7. The summed E-state index contributed by atoms with van der Waals surface area (Å²) in [5, 5.41) is 13.8. The molecule has 0 aliphatic heterocycles. The first kappa shape index (κ1) is 17.4. The third-order valence-corrected chi connectivity index (χ3v) is 4.69. The number of carbonyl (C=O) groups is 2. The second kappa shape index (κ2) is 7.64. The molecule has 0 atom stereocenters. The summed E-state index contributed by atoms with van der Waals surface area (Å²) in [5.41, 5.74) is 0.401. The number of benzene rings is 1. The summed E-state index contributed by atoms with van der Waals surface area (Å²) in [6.07, 6.45) is 1.96. The smallest absolute Gasteiger partial charge is 0.239 e. The minimum absolute atomic E-state index is 0.0638. The molecule has 0 radical (unpaired) electrons. The fourth-order valence-electron chi connectivity index (χ4n) is 2.31. The molecule has 25 heavy (non-hydrogen) atoms. The molecule has 1 aliphatic rings. The van der Waals surface area contributed by atoms with Crippen molar-refractivity contribution < 1.29 is 14.0 Å². The maximum atomic E-state index is 14.1. The number of hydrogen-bond acceptors (Lipinski definition) is 5. The van der Waals surface area contributed by atoms with Crippen molar-refractivity contribution in [2.45, 2.75) is 24.0 Å². The fourth-order valence-corrected chi connectivity index (χ4v) is 3.15. The molecule has 2 amide bonds. The molecular weight excluding hydrogens is 345 g/mol. The second-order valence-electron chi connectivity index (χ2n) is 5.63. The van der Waals surface area contributed by atoms with E-state index in [0.29, 0.717) is 16.5 Å². The molecule has 0 unspecified atom stereocenters. The standard InChI is InChI=1S/C16H18FN5O2S/c1-18-13(23)8-19-14(24)9-25-16-21-20-15(22(16)10-6-7-10)11-4-2-3-5-12(11)17/h2-5,10H,6-9H2,1H3,(H,18,23)(H,19,24). The highest BCUT2D eigenvalue weighted by Gasteiger charge is 2.31. The molecule has 0 bridgehead atoms. The monoisotopic (exact) mass is 363 g/mol. The highest BCUT2D eigenvalue weighted by molar-refractivity contribution is 7.99. The molecule has 1 aromatic heterocycles. The topological polar surface area (TPSA) is 88.9 Å². The van der Waals surface area contributed by atoms with Gasteiger partial charge < -0.3 is 10.6 Å². The van der Waals surface area contributed by atoms with E-state index in [2.05, 4.69) is 20.8 Å². The van der Waals surface area contributed by atoms with Crippen LogP contribution in [0, 0.1) is 5.82 Å². The van der Waals surface area contributed by atoms with Crippen molar-refractivity contribution in [1.82, 2.24) is 25.4 Å². The van der Waals surface area contributed by atoms with Crippen LogP contribution in [0.1, 0.15) is 18.9 Å². The van der Waals surface area contributed by atoms with E-state index in [1.807, 2.05) is 4.57 Å². The number of thioether (sulfide) groups is 1. The normalized spacial score (nSPS) is 13.5. The zero-order chi connectivity index (χ0) is 17.8. The van der Waals surface area contributed by atoms with Crippen LogP contribution in [0.15, 0.2) is 29.4 Å². The molecule has 132 valence electrons. The average molecular weight is 363 g/mol. The van der Waals surface area contributed by atoms with Gasteiger partial charge in [0.2, 0.25) is 11.8 Å². The van der Waals surface area contributed by atoms with Crippen molar-refractivity contribution in [3.63, 3.8) is 0 Å². The highest BCUT2D eigenvalue weighted by atomic mass is 32.2. The SMILES string of the molecule is CNC(=O)CNC(=O)CSc1nnc(-c2ccccc2F)n1C1CC1. The molecule has 2 N–H and O–H groups in total. The minimum atomic E-state index is -0.350. The molecule has 3 rings (SSSR count). The Labute approximate surface area is 148 Å². The first-order valence-corrected chi connectivity index (χ1v) is 8.88. The maximum absolute atomic E-state index is 14.1. The van der Waals surface area contributed by atoms with Crippen LogP contribution in [0.3, 0.4) is 0 Å². The lowest BCUT2D eigenvalue weighted by atomic mass is 10.2. The predicted octanol–water partition coefficient (Wildman–Crippen LogP) is 1.37. The zero-order valence-electron chi connectivity index (χ0n) is 13.7. The molecular formula is C16H18FN5O2S. The summed E-state index contributed by atoms with van der Waals surface area (Å²) >= 11 is 1.23. The summed E-state index contributed by atoms with van der Waals surface area (Å²) < 4.78 is 16.0. The Morgan fingerprint density at radius 2 is 2.04 bits per heavy atom. The Hall–Kier alpha value is -2.42. The van der Waals surface area contributed by atoms with Crippen LogP contribution in [0.25, 0.3) is 11.4 Å². The molecule has 0 spiro atoms. The lowest BCUT2D eigenvalue weighted by Crippen LogP contribution is -2.36. The van der Waals surface area contributed by atoms with Gasteiger partial charge in [0, 0.05) is 13.1 Å². The Kier molecular flexibility index (Phi) is 5.32. The van der Waals surface area contributed by atoms with Crippen LogP contribution in [0.4, 0.5) is 4.39 Å². The Morgan fingerprint density at radius 3 is 2.72 bits per heavy atom. The van der Waals surface area contributed by atoms with E-state index in [-0.39, 0.29) is 36.0 Å². The fraction of sp³-hybridized carbons (Fsp3) is 0.375. The van der Waals surface area contributed by atoms with Gasteiger partial charge in [-0.1, -0.05) is 23.9 Å². The van der Waals surface area contributed by atoms with Crippen LogP contribution < -0.4 is 10.6 Å². The van der Waals surface area contributed by atoms with Crippen LogP contribution in [-0.4, -0.2) is 45.9 Å². The van der Waals surface area contributed by atoms with Gasteiger partial charge in [-0.05, 0) is 25.0 Å². The molecule has 9 heteroatoms. The average Bonchev–Trinajstić information content (AvgIpc) is 3.38. The summed E-state index contributed by atoms with van der Waals surface area (Å²) in [6, 6.07) is 6.68. The highest BCUT2D eigenvalue weighted by Crippen LogP contribution is 2.41. The van der Waals surface area contributed by atoms with Gasteiger partial charge in [0.1, 0.15) is 5.82 Å². The van der Waals surface area contributed by atoms with Crippen LogP contribution in [0.5, 0.6) is 0 Å². The molecule has 1 aromatic carbocycles. The third kappa shape index (κ3) is 4.16. The Balaban J connectivity index is 1.72. The number of nitrogens with zero attached hydrogens (tertiary/aromatic N) is 3. The van der Waals surface area contributed by atoms with Gasteiger partial charge in [-0.15, -0.1) is 10.2 Å². The predicted molar refractivity (Wildman–Crippen MR) is 91.5 cm³/mol. The van der Waals surface area contributed by atoms with Crippen molar-refractivity contribution in [2.24, 2.45) is 0 Å². The summed E-state index contributed by atoms with van der Waals surface area (Å²) in [7, 11) is 1.51. The summed E-state index contributed by atoms with van der Waals surface area (Å²) in [5.74, 6) is -0.294. The van der Waals surface area contributed by atoms with E-state index in [4.69, 9.17) is 0 Å². The van der Waals surface area contributed by atoms with Gasteiger partial charge in [0.25, 0.3) is 0 Å². The van der Waals surface area contributed by atoms with E-state index < -0.39 is 0 Å².